The average molecular weight is 91.1 g/mol. The molecule has 0 aromatic carbocycles. The zero-order valence-corrected chi connectivity index (χ0v) is 3.63. The van der Waals surface area contributed by atoms with Crippen molar-refractivity contribution in [2.45, 2.75) is 0 Å². The fourth-order valence-corrected chi connectivity index (χ4v) is 0.335. The quantitative estimate of drug-likeness (QED) is 0.419. The third-order valence-corrected chi connectivity index (χ3v) is 0.619. The summed E-state index contributed by atoms with van der Waals surface area (Å²) in [5.74, 6) is 0. The monoisotopic (exact) mass is 91.0 g/mol. The molecule has 0 atom stereocenters. The maximum Gasteiger partial charge on any atom is 0.0501 e. The molecular weight excluding hydrogens is 88.1 g/mol. The molecule has 1 aromatic heterocycles. The van der Waals surface area contributed by atoms with Crippen molar-refractivity contribution in [2.24, 2.45) is 0 Å². The largest absolute Gasteiger partial charge is 0.196 e. The van der Waals surface area contributed by atoms with Crippen molar-refractivity contribution in [2.75, 3.05) is 0 Å². The molecular formula is C5H3N2. The number of nitrogens with zero attached hydrogens (tertiary/aromatic N) is 2. The zero-order valence-electron chi connectivity index (χ0n) is 3.63. The van der Waals surface area contributed by atoms with Crippen molar-refractivity contribution in [3.63, 3.8) is 0 Å². The van der Waals surface area contributed by atoms with E-state index < -0.39 is 0 Å². The summed E-state index contributed by atoms with van der Waals surface area (Å²) in [4.78, 5) is 0. The maximum absolute atomic E-state index is 6.51. The molecule has 7 heavy (non-hydrogen) atoms. The van der Waals surface area contributed by atoms with E-state index in [0.717, 1.165) is 0 Å². The van der Waals surface area contributed by atoms with Crippen LogP contribution in [0.4, 0.5) is 0 Å². The molecule has 0 N–H and O–H groups in total. The minimum absolute atomic E-state index is 1.29. The Kier molecular flexibility index (Phi) is 0.833. The van der Waals surface area contributed by atoms with Crippen LogP contribution in [-0.2, 0) is 0 Å². The van der Waals surface area contributed by atoms with Gasteiger partial charge >= 0.3 is 0 Å². The second-order valence-electron chi connectivity index (χ2n) is 1.06. The zero-order chi connectivity index (χ0) is 5.11. The van der Waals surface area contributed by atoms with E-state index >= 15 is 0 Å². The third-order valence-electron chi connectivity index (χ3n) is 0.619. The first-order valence-electron chi connectivity index (χ1n) is 1.86. The highest BCUT2D eigenvalue weighted by molar-refractivity contribution is 4.87. The standard InChI is InChI=1S/C5H3N2/c1-2-7-5-3-4-6-7/h3-5H. The fraction of sp³-hybridized carbons (Fsp3) is 0. The highest BCUT2D eigenvalue weighted by Gasteiger charge is 1.74. The van der Waals surface area contributed by atoms with Crippen LogP contribution in [0.15, 0.2) is 18.5 Å². The summed E-state index contributed by atoms with van der Waals surface area (Å²) in [7, 11) is 0. The smallest absolute Gasteiger partial charge is 0.0501 e. The van der Waals surface area contributed by atoms with Gasteiger partial charge in [0.15, 0.2) is 0 Å². The van der Waals surface area contributed by atoms with Gasteiger partial charge < -0.3 is 0 Å². The van der Waals surface area contributed by atoms with Crippen LogP contribution in [-0.4, -0.2) is 9.78 Å². The minimum atomic E-state index is 1.29. The van der Waals surface area contributed by atoms with Gasteiger partial charge in [-0.1, -0.05) is 0 Å². The van der Waals surface area contributed by atoms with Crippen molar-refractivity contribution in [3.05, 3.63) is 24.9 Å². The van der Waals surface area contributed by atoms with Crippen LogP contribution in [0.5, 0.6) is 0 Å². The first-order chi connectivity index (χ1) is 3.43. The van der Waals surface area contributed by atoms with Crippen molar-refractivity contribution >= 4 is 0 Å². The topological polar surface area (TPSA) is 17.8 Å². The highest BCUT2D eigenvalue weighted by atomic mass is 15.2. The highest BCUT2D eigenvalue weighted by Crippen LogP contribution is 1.75. The SMILES string of the molecule is [C]#Cn1cccn1. The summed E-state index contributed by atoms with van der Waals surface area (Å²) in [6, 6.07) is 3.80. The summed E-state index contributed by atoms with van der Waals surface area (Å²) in [5, 5.41) is 3.65. The van der Waals surface area contributed by atoms with Gasteiger partial charge in [-0.25, -0.2) is 0 Å². The third kappa shape index (κ3) is 0.606. The Hall–Kier alpha value is -1.23. The lowest BCUT2D eigenvalue weighted by Crippen LogP contribution is -1.83. The molecule has 0 aliphatic carbocycles. The second kappa shape index (κ2) is 1.48. The fourth-order valence-electron chi connectivity index (χ4n) is 0.335. The Morgan fingerprint density at radius 1 is 1.71 bits per heavy atom. The van der Waals surface area contributed by atoms with E-state index in [2.05, 4.69) is 11.1 Å². The lowest BCUT2D eigenvalue weighted by Gasteiger charge is -1.75. The molecule has 1 aromatic rings. The van der Waals surface area contributed by atoms with Crippen LogP contribution < -0.4 is 0 Å². The first-order valence-corrected chi connectivity index (χ1v) is 1.86. The Morgan fingerprint density at radius 3 is 2.86 bits per heavy atom. The van der Waals surface area contributed by atoms with Gasteiger partial charge in [0.2, 0.25) is 0 Å². The van der Waals surface area contributed by atoms with Crippen molar-refractivity contribution < 1.29 is 0 Å². The number of hydrogen-bond acceptors (Lipinski definition) is 1. The molecule has 0 amide bonds. The van der Waals surface area contributed by atoms with E-state index in [4.69, 9.17) is 6.42 Å². The van der Waals surface area contributed by atoms with Crippen LogP contribution in [0, 0.1) is 12.5 Å². The minimum Gasteiger partial charge on any atom is -0.196 e. The van der Waals surface area contributed by atoms with Gasteiger partial charge in [0, 0.05) is 18.7 Å². The van der Waals surface area contributed by atoms with E-state index in [1.807, 2.05) is 0 Å². The summed E-state index contributed by atoms with van der Waals surface area (Å²) >= 11 is 0. The molecule has 2 nitrogen and oxygen atoms in total. The Morgan fingerprint density at radius 2 is 2.57 bits per heavy atom. The van der Waals surface area contributed by atoms with Crippen LogP contribution in [0.3, 0.4) is 0 Å². The Bertz CT molecular complexity index is 168. The summed E-state index contributed by atoms with van der Waals surface area (Å²) in [5.41, 5.74) is 0. The van der Waals surface area contributed by atoms with Crippen molar-refractivity contribution in [1.29, 1.82) is 0 Å². The first kappa shape index (κ1) is 3.94. The van der Waals surface area contributed by atoms with Crippen LogP contribution in [0.25, 0.3) is 0 Å². The van der Waals surface area contributed by atoms with E-state index in [9.17, 15) is 0 Å². The predicted molar refractivity (Wildman–Crippen MR) is 24.8 cm³/mol. The molecule has 1 radical (unpaired) electrons. The molecule has 0 spiro atoms. The average Bonchev–Trinajstić information content (AvgIpc) is 2.14. The molecule has 0 saturated heterocycles. The normalized spacial score (nSPS) is 7.86. The van der Waals surface area contributed by atoms with E-state index in [1.165, 1.54) is 4.68 Å². The van der Waals surface area contributed by atoms with Crippen molar-refractivity contribution in [3.8, 4) is 6.04 Å². The van der Waals surface area contributed by atoms with Crippen LogP contribution in [0.2, 0.25) is 0 Å². The number of hydrogen-bond donors (Lipinski definition) is 0. The van der Waals surface area contributed by atoms with E-state index in [1.54, 1.807) is 18.5 Å². The Labute approximate surface area is 41.8 Å². The number of rotatable bonds is 0. The summed E-state index contributed by atoms with van der Waals surface area (Å²) in [6.07, 6.45) is 9.76. The molecule has 1 rings (SSSR count). The molecule has 0 bridgehead atoms. The molecule has 2 heteroatoms. The van der Waals surface area contributed by atoms with Crippen LogP contribution in [0.1, 0.15) is 0 Å². The van der Waals surface area contributed by atoms with Gasteiger partial charge in [-0.2, -0.15) is 9.78 Å². The second-order valence-corrected chi connectivity index (χ2v) is 1.06. The van der Waals surface area contributed by atoms with Gasteiger partial charge in [0.1, 0.15) is 0 Å². The summed E-state index contributed by atoms with van der Waals surface area (Å²) < 4.78 is 1.29. The van der Waals surface area contributed by atoms with Crippen LogP contribution >= 0.6 is 0 Å². The van der Waals surface area contributed by atoms with E-state index in [-0.39, 0.29) is 0 Å². The van der Waals surface area contributed by atoms with Gasteiger partial charge in [-0.05, 0) is 6.07 Å². The Balaban J connectivity index is 3.04. The predicted octanol–water partition coefficient (Wildman–Crippen LogP) is 0.278. The van der Waals surface area contributed by atoms with E-state index in [0.29, 0.717) is 0 Å². The maximum atomic E-state index is 6.51. The molecule has 0 aliphatic rings. The molecule has 0 aliphatic heterocycles. The lowest BCUT2D eigenvalue weighted by molar-refractivity contribution is 0.916. The van der Waals surface area contributed by atoms with Gasteiger partial charge in [0.25, 0.3) is 0 Å². The van der Waals surface area contributed by atoms with Gasteiger partial charge in [-0.15, -0.1) is 0 Å². The lowest BCUT2D eigenvalue weighted by atomic mass is 10.8. The van der Waals surface area contributed by atoms with Gasteiger partial charge in [0.05, 0.1) is 6.20 Å². The molecule has 33 valence electrons. The molecule has 0 unspecified atom stereocenters. The van der Waals surface area contributed by atoms with Gasteiger partial charge in [-0.3, -0.25) is 0 Å². The molecule has 1 heterocycles. The molecule has 0 fully saturated rings. The summed E-state index contributed by atoms with van der Waals surface area (Å²) in [6.45, 7) is 0. The molecule has 0 saturated carbocycles. The number of aromatic nitrogens is 2. The van der Waals surface area contributed by atoms with Crippen molar-refractivity contribution in [1.82, 2.24) is 9.78 Å².